The van der Waals surface area contributed by atoms with Crippen LogP contribution in [0.15, 0.2) is 24.3 Å². The molecule has 0 saturated heterocycles. The molecule has 0 unspecified atom stereocenters. The maximum atomic E-state index is 6.27. The van der Waals surface area contributed by atoms with Gasteiger partial charge in [-0.15, -0.1) is 0 Å². The highest BCUT2D eigenvalue weighted by molar-refractivity contribution is 5.58. The fourth-order valence-corrected chi connectivity index (χ4v) is 5.02. The number of hydrogen-bond donors (Lipinski definition) is 0. The average Bonchev–Trinajstić information content (AvgIpc) is 3.02. The number of ether oxygens (including phenoxy) is 4. The summed E-state index contributed by atoms with van der Waals surface area (Å²) >= 11 is 0. The van der Waals surface area contributed by atoms with Gasteiger partial charge in [-0.05, 0) is 74.9 Å². The molecular weight excluding hydrogens is 544 g/mol. The van der Waals surface area contributed by atoms with Crippen LogP contribution in [0.1, 0.15) is 153 Å². The van der Waals surface area contributed by atoms with Gasteiger partial charge in [-0.3, -0.25) is 0 Å². The predicted molar refractivity (Wildman–Crippen MR) is 187 cm³/mol. The molecule has 4 nitrogen and oxygen atoms in total. The van der Waals surface area contributed by atoms with Crippen LogP contribution in [0.3, 0.4) is 0 Å². The predicted octanol–water partition coefficient (Wildman–Crippen LogP) is 11.5. The van der Waals surface area contributed by atoms with Gasteiger partial charge in [-0.25, -0.2) is 0 Å². The van der Waals surface area contributed by atoms with Crippen LogP contribution in [-0.4, -0.2) is 26.4 Å². The van der Waals surface area contributed by atoms with Gasteiger partial charge < -0.3 is 18.9 Å². The smallest absolute Gasteiger partial charge is 0.162 e. The molecule has 4 heteroatoms. The third-order valence-electron chi connectivity index (χ3n) is 7.94. The van der Waals surface area contributed by atoms with E-state index in [1.165, 1.54) is 77.0 Å². The van der Waals surface area contributed by atoms with Crippen LogP contribution < -0.4 is 18.9 Å². The lowest BCUT2D eigenvalue weighted by Crippen LogP contribution is -2.04. The molecule has 0 bridgehead atoms. The summed E-state index contributed by atoms with van der Waals surface area (Å²) in [5.41, 5.74) is 4.11. The van der Waals surface area contributed by atoms with E-state index in [1.807, 2.05) is 0 Å². The van der Waals surface area contributed by atoms with Gasteiger partial charge in [-0.1, -0.05) is 117 Å². The van der Waals surface area contributed by atoms with Gasteiger partial charge in [0.2, 0.25) is 0 Å². The number of hydrogen-bond acceptors (Lipinski definition) is 4. The highest BCUT2D eigenvalue weighted by Gasteiger charge is 2.12. The van der Waals surface area contributed by atoms with Crippen molar-refractivity contribution in [1.82, 2.24) is 0 Å². The highest BCUT2D eigenvalue weighted by Crippen LogP contribution is 2.33. The van der Waals surface area contributed by atoms with E-state index < -0.39 is 0 Å². The second kappa shape index (κ2) is 23.6. The van der Waals surface area contributed by atoms with Gasteiger partial charge in [0, 0.05) is 11.1 Å². The largest absolute Gasteiger partial charge is 0.490 e. The van der Waals surface area contributed by atoms with Crippen LogP contribution in [0.2, 0.25) is 0 Å². The van der Waals surface area contributed by atoms with E-state index in [2.05, 4.69) is 77.6 Å². The molecule has 246 valence electrons. The molecule has 0 N–H and O–H groups in total. The number of rotatable bonds is 24. The minimum atomic E-state index is 0.695. The zero-order chi connectivity index (χ0) is 31.8. The summed E-state index contributed by atoms with van der Waals surface area (Å²) in [5, 5.41) is 0. The van der Waals surface area contributed by atoms with Gasteiger partial charge in [0.05, 0.1) is 26.4 Å². The van der Waals surface area contributed by atoms with Crippen molar-refractivity contribution in [3.8, 4) is 34.8 Å². The van der Waals surface area contributed by atoms with Crippen LogP contribution >= 0.6 is 0 Å². The summed E-state index contributed by atoms with van der Waals surface area (Å²) in [7, 11) is 0. The van der Waals surface area contributed by atoms with E-state index in [9.17, 15) is 0 Å². The van der Waals surface area contributed by atoms with E-state index in [0.717, 1.165) is 70.9 Å². The van der Waals surface area contributed by atoms with Crippen molar-refractivity contribution in [2.45, 2.75) is 144 Å². The Kier molecular flexibility index (Phi) is 20.0. The third-order valence-corrected chi connectivity index (χ3v) is 7.94. The Morgan fingerprint density at radius 1 is 0.386 bits per heavy atom. The van der Waals surface area contributed by atoms with Gasteiger partial charge in [-0.2, -0.15) is 0 Å². The van der Waals surface area contributed by atoms with Crippen LogP contribution in [0, 0.1) is 25.7 Å². The van der Waals surface area contributed by atoms with Crippen molar-refractivity contribution >= 4 is 0 Å². The van der Waals surface area contributed by atoms with Crippen molar-refractivity contribution < 1.29 is 18.9 Å². The molecule has 0 saturated carbocycles. The zero-order valence-corrected chi connectivity index (χ0v) is 29.1. The lowest BCUT2D eigenvalue weighted by Gasteiger charge is -2.15. The van der Waals surface area contributed by atoms with Crippen LogP contribution in [-0.2, 0) is 0 Å². The topological polar surface area (TPSA) is 36.9 Å². The van der Waals surface area contributed by atoms with Crippen molar-refractivity contribution in [2.75, 3.05) is 26.4 Å². The fourth-order valence-electron chi connectivity index (χ4n) is 5.02. The second-order valence-corrected chi connectivity index (χ2v) is 12.1. The first kappa shape index (κ1) is 37.4. The van der Waals surface area contributed by atoms with E-state index >= 15 is 0 Å². The van der Waals surface area contributed by atoms with Crippen molar-refractivity contribution in [2.24, 2.45) is 0 Å². The normalized spacial score (nSPS) is 10.8. The monoisotopic (exact) mass is 606 g/mol. The van der Waals surface area contributed by atoms with Crippen LogP contribution in [0.4, 0.5) is 0 Å². The lowest BCUT2D eigenvalue weighted by molar-refractivity contribution is 0.258. The Morgan fingerprint density at radius 2 is 0.659 bits per heavy atom. The van der Waals surface area contributed by atoms with Crippen LogP contribution in [0.25, 0.3) is 0 Å². The second-order valence-electron chi connectivity index (χ2n) is 12.1. The van der Waals surface area contributed by atoms with Gasteiger partial charge in [0.25, 0.3) is 0 Å². The third kappa shape index (κ3) is 14.8. The molecular formula is C40H62O4. The summed E-state index contributed by atoms with van der Waals surface area (Å²) in [6.45, 7) is 15.9. The Labute approximate surface area is 270 Å². The molecule has 0 radical (unpaired) electrons. The molecule has 0 spiro atoms. The minimum Gasteiger partial charge on any atom is -0.490 e. The molecule has 0 aliphatic heterocycles. The van der Waals surface area contributed by atoms with E-state index in [-0.39, 0.29) is 0 Å². The molecule has 0 aromatic heterocycles. The molecule has 0 atom stereocenters. The molecule has 44 heavy (non-hydrogen) atoms. The quantitative estimate of drug-likeness (QED) is 0.0880. The Balaban J connectivity index is 2.27. The van der Waals surface area contributed by atoms with E-state index in [1.54, 1.807) is 0 Å². The molecule has 0 heterocycles. The van der Waals surface area contributed by atoms with Gasteiger partial charge >= 0.3 is 0 Å². The maximum Gasteiger partial charge on any atom is 0.162 e. The summed E-state index contributed by atoms with van der Waals surface area (Å²) in [6.07, 6.45) is 18.8. The zero-order valence-electron chi connectivity index (χ0n) is 29.1. The first-order valence-electron chi connectivity index (χ1n) is 17.9. The molecule has 0 amide bonds. The average molecular weight is 607 g/mol. The van der Waals surface area contributed by atoms with Crippen molar-refractivity contribution in [3.63, 3.8) is 0 Å². The van der Waals surface area contributed by atoms with E-state index in [0.29, 0.717) is 26.4 Å². The van der Waals surface area contributed by atoms with Crippen molar-refractivity contribution in [1.29, 1.82) is 0 Å². The van der Waals surface area contributed by atoms with E-state index in [4.69, 9.17) is 18.9 Å². The van der Waals surface area contributed by atoms with Gasteiger partial charge in [0.15, 0.2) is 23.0 Å². The Morgan fingerprint density at radius 3 is 0.932 bits per heavy atom. The molecule has 0 fully saturated rings. The van der Waals surface area contributed by atoms with Crippen LogP contribution in [0.5, 0.6) is 23.0 Å². The number of aryl methyl sites for hydroxylation is 2. The lowest BCUT2D eigenvalue weighted by atomic mass is 10.0. The summed E-state index contributed by atoms with van der Waals surface area (Å²) in [5.74, 6) is 10.1. The number of unbranched alkanes of at least 4 members (excludes halogenated alkanes) is 12. The minimum absolute atomic E-state index is 0.695. The fraction of sp³-hybridized carbons (Fsp3) is 0.650. The van der Waals surface area contributed by atoms with Crippen molar-refractivity contribution in [3.05, 3.63) is 46.5 Å². The standard InChI is InChI=1S/C40H62O4/c1-7-11-15-19-25-41-37-29-33(5)35(31-39(37)43-27-21-17-13-9-3)23-24-36-32-40(44-28-22-18-14-10-4)38(30-34(36)6)42-26-20-16-12-8-2/h29-32H,7-22,25-28H2,1-6H3. The first-order valence-corrected chi connectivity index (χ1v) is 17.9. The molecule has 0 aliphatic rings. The summed E-state index contributed by atoms with van der Waals surface area (Å²) in [6, 6.07) is 8.33. The number of benzene rings is 2. The van der Waals surface area contributed by atoms with Gasteiger partial charge in [0.1, 0.15) is 0 Å². The Hall–Kier alpha value is -2.80. The highest BCUT2D eigenvalue weighted by atomic mass is 16.5. The molecule has 2 rings (SSSR count). The summed E-state index contributed by atoms with van der Waals surface area (Å²) in [4.78, 5) is 0. The Bertz CT molecular complexity index is 1030. The SMILES string of the molecule is CCCCCCOc1cc(C)c(C#Cc2cc(OCCCCCC)c(OCCCCCC)cc2C)cc1OCCCCCC. The summed E-state index contributed by atoms with van der Waals surface area (Å²) < 4.78 is 25.0. The first-order chi connectivity index (χ1) is 21.5. The molecule has 2 aromatic carbocycles. The molecule has 0 aliphatic carbocycles. The molecule has 2 aromatic rings. The maximum absolute atomic E-state index is 6.27.